The first kappa shape index (κ1) is 14.5. The predicted octanol–water partition coefficient (Wildman–Crippen LogP) is 2.42. The largest absolute Gasteiger partial charge is 0.330 e. The van der Waals surface area contributed by atoms with Crippen molar-refractivity contribution in [1.29, 1.82) is 0 Å². The quantitative estimate of drug-likeness (QED) is 0.495. The van der Waals surface area contributed by atoms with Gasteiger partial charge in [0.2, 0.25) is 0 Å². The maximum absolute atomic E-state index is 12.4. The zero-order chi connectivity index (χ0) is 15.7. The zero-order valence-corrected chi connectivity index (χ0v) is 12.8. The smallest absolute Gasteiger partial charge is 0.275 e. The van der Waals surface area contributed by atoms with Crippen molar-refractivity contribution in [2.45, 2.75) is 19.1 Å². The third-order valence-electron chi connectivity index (χ3n) is 3.78. The van der Waals surface area contributed by atoms with Crippen molar-refractivity contribution in [2.24, 2.45) is 0 Å². The Morgan fingerprint density at radius 3 is 2.64 bits per heavy atom. The summed E-state index contributed by atoms with van der Waals surface area (Å²) in [6.45, 7) is 0.730. The number of fused-ring (bicyclic) bond motifs is 1. The molecule has 0 saturated heterocycles. The van der Waals surface area contributed by atoms with Crippen LogP contribution in [0.15, 0.2) is 42.5 Å². The van der Waals surface area contributed by atoms with Gasteiger partial charge >= 0.3 is 0 Å². The lowest BCUT2D eigenvalue weighted by atomic mass is 10.1. The zero-order valence-electron chi connectivity index (χ0n) is 11.8. The van der Waals surface area contributed by atoms with E-state index in [0.29, 0.717) is 17.7 Å². The van der Waals surface area contributed by atoms with E-state index >= 15 is 0 Å². The summed E-state index contributed by atoms with van der Waals surface area (Å²) in [5.41, 5.74) is 3.10. The molecule has 0 N–H and O–H groups in total. The molecule has 0 spiro atoms. The fourth-order valence-electron chi connectivity index (χ4n) is 2.73. The molecule has 2 aromatic carbocycles. The number of carbonyl (C=O) groups is 1. The average Bonchev–Trinajstić information content (AvgIpc) is 2.84. The van der Waals surface area contributed by atoms with Gasteiger partial charge in [0.1, 0.15) is 0 Å². The highest BCUT2D eigenvalue weighted by molar-refractivity contribution is 6.08. The Labute approximate surface area is 131 Å². The molecule has 1 heterocycles. The molecule has 5 nitrogen and oxygen atoms in total. The normalized spacial score (nSPS) is 13.3. The SMILES string of the molecule is O=C1c2cccc([N+](=O)[O-])c2CN1Cc1cccc(C[Si])c1. The van der Waals surface area contributed by atoms with Gasteiger partial charge in [-0.05, 0) is 17.7 Å². The minimum atomic E-state index is -0.430. The first-order valence-electron chi connectivity index (χ1n) is 6.88. The van der Waals surface area contributed by atoms with Crippen LogP contribution in [0.25, 0.3) is 0 Å². The lowest BCUT2D eigenvalue weighted by molar-refractivity contribution is -0.385. The summed E-state index contributed by atoms with van der Waals surface area (Å²) in [5, 5.41) is 11.1. The van der Waals surface area contributed by atoms with E-state index in [1.54, 1.807) is 17.0 Å². The molecule has 2 aromatic rings. The highest BCUT2D eigenvalue weighted by atomic mass is 28.1. The summed E-state index contributed by atoms with van der Waals surface area (Å²) in [6, 6.07) is 13.3. The van der Waals surface area contributed by atoms with E-state index in [0.717, 1.165) is 17.2 Å². The molecule has 0 bridgehead atoms. The molecule has 0 fully saturated rings. The molecule has 0 atom stereocenters. The first-order valence-corrected chi connectivity index (χ1v) is 7.59. The summed E-state index contributed by atoms with van der Waals surface area (Å²) in [4.78, 5) is 24.7. The van der Waals surface area contributed by atoms with Crippen molar-refractivity contribution in [1.82, 2.24) is 4.90 Å². The second kappa shape index (κ2) is 5.73. The lowest BCUT2D eigenvalue weighted by Crippen LogP contribution is -2.23. The van der Waals surface area contributed by atoms with Crippen molar-refractivity contribution < 1.29 is 9.72 Å². The predicted molar refractivity (Wildman–Crippen MR) is 82.6 cm³/mol. The molecule has 1 amide bonds. The number of nitro benzene ring substituents is 1. The van der Waals surface area contributed by atoms with Crippen molar-refractivity contribution in [3.63, 3.8) is 0 Å². The van der Waals surface area contributed by atoms with E-state index in [-0.39, 0.29) is 18.1 Å². The maximum Gasteiger partial charge on any atom is 0.275 e. The number of rotatable bonds is 4. The number of hydrogen-bond donors (Lipinski definition) is 0. The van der Waals surface area contributed by atoms with Crippen LogP contribution in [0.4, 0.5) is 5.69 Å². The molecule has 1 aliphatic rings. The summed E-state index contributed by atoms with van der Waals surface area (Å²) in [6.07, 6.45) is 0. The Bertz CT molecular complexity index is 761. The van der Waals surface area contributed by atoms with Crippen LogP contribution in [-0.2, 0) is 19.1 Å². The highest BCUT2D eigenvalue weighted by Crippen LogP contribution is 2.31. The molecule has 1 aliphatic heterocycles. The van der Waals surface area contributed by atoms with Gasteiger partial charge in [-0.3, -0.25) is 14.9 Å². The van der Waals surface area contributed by atoms with Crippen molar-refractivity contribution in [3.8, 4) is 0 Å². The topological polar surface area (TPSA) is 63.4 Å². The van der Waals surface area contributed by atoms with Crippen molar-refractivity contribution >= 4 is 21.8 Å². The number of nitro groups is 1. The Hall–Kier alpha value is -2.47. The highest BCUT2D eigenvalue weighted by Gasteiger charge is 2.32. The van der Waals surface area contributed by atoms with Gasteiger partial charge in [0.15, 0.2) is 0 Å². The van der Waals surface area contributed by atoms with Crippen LogP contribution in [0, 0.1) is 10.1 Å². The van der Waals surface area contributed by atoms with Gasteiger partial charge in [0.25, 0.3) is 11.6 Å². The fourth-order valence-corrected chi connectivity index (χ4v) is 2.95. The molecule has 3 rings (SSSR count). The van der Waals surface area contributed by atoms with E-state index in [1.807, 2.05) is 24.3 Å². The number of nitrogens with zero attached hydrogens (tertiary/aromatic N) is 2. The number of amides is 1. The Kier molecular flexibility index (Phi) is 3.76. The van der Waals surface area contributed by atoms with Crippen LogP contribution in [0.1, 0.15) is 27.0 Å². The third-order valence-corrected chi connectivity index (χ3v) is 4.19. The molecular formula is C16H13N2O3Si. The Morgan fingerprint density at radius 1 is 1.18 bits per heavy atom. The minimum Gasteiger partial charge on any atom is -0.330 e. The lowest BCUT2D eigenvalue weighted by Gasteiger charge is -2.16. The van der Waals surface area contributed by atoms with E-state index < -0.39 is 4.92 Å². The van der Waals surface area contributed by atoms with Crippen LogP contribution in [0.3, 0.4) is 0 Å². The summed E-state index contributed by atoms with van der Waals surface area (Å²) >= 11 is 0. The molecule has 0 aliphatic carbocycles. The van der Waals surface area contributed by atoms with Gasteiger partial charge in [-0.15, -0.1) is 0 Å². The molecular weight excluding hydrogens is 296 g/mol. The van der Waals surface area contributed by atoms with Gasteiger partial charge < -0.3 is 4.90 Å². The van der Waals surface area contributed by atoms with Gasteiger partial charge in [-0.2, -0.15) is 0 Å². The Morgan fingerprint density at radius 2 is 1.91 bits per heavy atom. The van der Waals surface area contributed by atoms with Gasteiger partial charge in [-0.25, -0.2) is 0 Å². The van der Waals surface area contributed by atoms with Crippen LogP contribution in [-0.4, -0.2) is 26.0 Å². The van der Waals surface area contributed by atoms with Gasteiger partial charge in [-0.1, -0.05) is 35.9 Å². The van der Waals surface area contributed by atoms with Crippen LogP contribution < -0.4 is 0 Å². The molecule has 109 valence electrons. The first-order chi connectivity index (χ1) is 10.6. The molecule has 3 radical (unpaired) electrons. The van der Waals surface area contributed by atoms with Crippen LogP contribution >= 0.6 is 0 Å². The van der Waals surface area contributed by atoms with Crippen molar-refractivity contribution in [2.75, 3.05) is 0 Å². The van der Waals surface area contributed by atoms with Crippen LogP contribution in [0.2, 0.25) is 0 Å². The summed E-state index contributed by atoms with van der Waals surface area (Å²) in [5.74, 6) is -0.150. The monoisotopic (exact) mass is 309 g/mol. The van der Waals surface area contributed by atoms with E-state index in [1.165, 1.54) is 6.07 Å². The van der Waals surface area contributed by atoms with Gasteiger partial charge in [0, 0.05) is 22.9 Å². The fraction of sp³-hybridized carbons (Fsp3) is 0.188. The molecule has 0 unspecified atom stereocenters. The maximum atomic E-state index is 12.4. The van der Waals surface area contributed by atoms with Crippen LogP contribution in [0.5, 0.6) is 0 Å². The third kappa shape index (κ3) is 2.53. The number of hydrogen-bond acceptors (Lipinski definition) is 3. The van der Waals surface area contributed by atoms with E-state index in [9.17, 15) is 14.9 Å². The number of benzene rings is 2. The molecule has 0 saturated carbocycles. The second-order valence-corrected chi connectivity index (χ2v) is 5.57. The number of carbonyl (C=O) groups excluding carboxylic acids is 1. The van der Waals surface area contributed by atoms with Gasteiger partial charge in [0.05, 0.1) is 22.6 Å². The van der Waals surface area contributed by atoms with E-state index in [2.05, 4.69) is 10.2 Å². The molecule has 0 aromatic heterocycles. The standard InChI is InChI=1S/C16H13N2O3Si/c19-16-13-5-2-6-15(18(20)21)14(13)9-17(16)8-11-3-1-4-12(7-11)10-22/h1-7H,8-10H2. The minimum absolute atomic E-state index is 0.0160. The second-order valence-electron chi connectivity index (χ2n) is 5.22. The molecule has 22 heavy (non-hydrogen) atoms. The average molecular weight is 309 g/mol. The van der Waals surface area contributed by atoms with E-state index in [4.69, 9.17) is 0 Å². The summed E-state index contributed by atoms with van der Waals surface area (Å²) < 4.78 is 0. The Balaban J connectivity index is 1.87. The summed E-state index contributed by atoms with van der Waals surface area (Å²) in [7, 11) is 3.46. The van der Waals surface area contributed by atoms with Crippen molar-refractivity contribution in [3.05, 3.63) is 74.8 Å². The molecule has 6 heteroatoms.